The average Bonchev–Trinajstić information content (AvgIpc) is 2.22. The van der Waals surface area contributed by atoms with Gasteiger partial charge in [0.1, 0.15) is 11.0 Å². The van der Waals surface area contributed by atoms with Gasteiger partial charge in [0.25, 0.3) is 0 Å². The molecule has 0 aromatic carbocycles. The van der Waals surface area contributed by atoms with E-state index in [1.165, 1.54) is 0 Å². The molecule has 1 unspecified atom stereocenters. The lowest BCUT2D eigenvalue weighted by atomic mass is 10.2. The maximum atomic E-state index is 6.04. The molecule has 0 spiro atoms. The molecule has 3 nitrogen and oxygen atoms in total. The molecule has 1 rings (SSSR count). The van der Waals surface area contributed by atoms with Gasteiger partial charge in [-0.15, -0.1) is 0 Å². The Bertz CT molecular complexity index is 346. The summed E-state index contributed by atoms with van der Waals surface area (Å²) >= 11 is 8.22. The number of hydrogen-bond acceptors (Lipinski definition) is 3. The number of nitrogens with zero attached hydrogens (tertiary/aromatic N) is 2. The zero-order valence-electron chi connectivity index (χ0n) is 9.05. The molecule has 1 aromatic rings. The van der Waals surface area contributed by atoms with E-state index in [2.05, 4.69) is 39.5 Å². The third kappa shape index (κ3) is 3.26. The summed E-state index contributed by atoms with van der Waals surface area (Å²) in [6.07, 6.45) is 0.868. The van der Waals surface area contributed by atoms with E-state index in [9.17, 15) is 0 Å². The van der Waals surface area contributed by atoms with Crippen LogP contribution in [0, 0.1) is 3.57 Å². The summed E-state index contributed by atoms with van der Waals surface area (Å²) in [6.45, 7) is 4.70. The van der Waals surface area contributed by atoms with Gasteiger partial charge in [-0.1, -0.05) is 25.4 Å². The zero-order chi connectivity index (χ0) is 11.4. The van der Waals surface area contributed by atoms with Crippen molar-refractivity contribution in [2.24, 2.45) is 0 Å². The number of methoxy groups -OCH3 is 1. The Morgan fingerprint density at radius 1 is 1.47 bits per heavy atom. The summed E-state index contributed by atoms with van der Waals surface area (Å²) < 4.78 is 6.03. The second-order valence-electron chi connectivity index (χ2n) is 3.34. The van der Waals surface area contributed by atoms with Gasteiger partial charge in [0, 0.05) is 13.0 Å². The molecule has 0 aliphatic carbocycles. The van der Waals surface area contributed by atoms with Crippen molar-refractivity contribution in [3.05, 3.63) is 20.2 Å². The topological polar surface area (TPSA) is 35.0 Å². The minimum Gasteiger partial charge on any atom is -0.384 e. The van der Waals surface area contributed by atoms with Crippen LogP contribution in [0.1, 0.15) is 31.3 Å². The molecular weight excluding hydrogens is 326 g/mol. The number of aromatic nitrogens is 2. The highest BCUT2D eigenvalue weighted by Gasteiger charge is 2.14. The summed E-state index contributed by atoms with van der Waals surface area (Å²) in [5.41, 5.74) is 1.01. The minimum absolute atomic E-state index is 0.176. The van der Waals surface area contributed by atoms with Crippen molar-refractivity contribution in [3.63, 3.8) is 0 Å². The van der Waals surface area contributed by atoms with E-state index in [-0.39, 0.29) is 5.92 Å². The van der Waals surface area contributed by atoms with Crippen molar-refractivity contribution in [2.75, 3.05) is 13.7 Å². The second-order valence-corrected chi connectivity index (χ2v) is 4.78. The first kappa shape index (κ1) is 13.1. The Morgan fingerprint density at radius 3 is 2.67 bits per heavy atom. The van der Waals surface area contributed by atoms with E-state index in [0.717, 1.165) is 21.5 Å². The molecule has 1 aromatic heterocycles. The monoisotopic (exact) mass is 340 g/mol. The van der Waals surface area contributed by atoms with Crippen molar-refractivity contribution in [1.29, 1.82) is 0 Å². The van der Waals surface area contributed by atoms with E-state index in [4.69, 9.17) is 16.3 Å². The maximum Gasteiger partial charge on any atom is 0.146 e. The van der Waals surface area contributed by atoms with Crippen molar-refractivity contribution in [3.8, 4) is 0 Å². The van der Waals surface area contributed by atoms with Crippen molar-refractivity contribution >= 4 is 34.2 Å². The highest BCUT2D eigenvalue weighted by Crippen LogP contribution is 2.22. The van der Waals surface area contributed by atoms with Crippen LogP contribution >= 0.6 is 34.2 Å². The molecule has 84 valence electrons. The van der Waals surface area contributed by atoms with Crippen LogP contribution < -0.4 is 0 Å². The quantitative estimate of drug-likeness (QED) is 0.624. The predicted octanol–water partition coefficient (Wildman–Crippen LogP) is 3.05. The van der Waals surface area contributed by atoms with E-state index in [1.807, 2.05) is 6.92 Å². The normalized spacial score (nSPS) is 12.9. The Balaban J connectivity index is 3.05. The highest BCUT2D eigenvalue weighted by molar-refractivity contribution is 14.1. The van der Waals surface area contributed by atoms with E-state index >= 15 is 0 Å². The zero-order valence-corrected chi connectivity index (χ0v) is 12.0. The summed E-state index contributed by atoms with van der Waals surface area (Å²) in [7, 11) is 1.67. The van der Waals surface area contributed by atoms with Crippen LogP contribution in [-0.2, 0) is 11.2 Å². The molecule has 0 N–H and O–H groups in total. The lowest BCUT2D eigenvalue weighted by molar-refractivity contribution is 0.181. The van der Waals surface area contributed by atoms with Gasteiger partial charge in [-0.05, 0) is 29.0 Å². The number of rotatable bonds is 4. The molecule has 0 fully saturated rings. The molecule has 5 heteroatoms. The number of ether oxygens (including phenoxy) is 1. The third-order valence-corrected chi connectivity index (χ3v) is 3.81. The number of hydrogen-bond donors (Lipinski definition) is 0. The second kappa shape index (κ2) is 5.96. The van der Waals surface area contributed by atoms with Crippen molar-refractivity contribution < 1.29 is 4.74 Å². The van der Waals surface area contributed by atoms with Crippen LogP contribution in [0.25, 0.3) is 0 Å². The van der Waals surface area contributed by atoms with E-state index < -0.39 is 0 Å². The largest absolute Gasteiger partial charge is 0.384 e. The molecule has 0 bridgehead atoms. The first-order valence-electron chi connectivity index (χ1n) is 4.80. The average molecular weight is 341 g/mol. The van der Waals surface area contributed by atoms with Crippen LogP contribution in [0.4, 0.5) is 0 Å². The van der Waals surface area contributed by atoms with Crippen LogP contribution in [0.2, 0.25) is 5.15 Å². The van der Waals surface area contributed by atoms with Gasteiger partial charge in [-0.3, -0.25) is 0 Å². The van der Waals surface area contributed by atoms with Gasteiger partial charge in [0.05, 0.1) is 15.9 Å². The summed E-state index contributed by atoms with van der Waals surface area (Å²) in [4.78, 5) is 8.75. The molecule has 0 saturated carbocycles. The van der Waals surface area contributed by atoms with Crippen molar-refractivity contribution in [1.82, 2.24) is 9.97 Å². The van der Waals surface area contributed by atoms with Gasteiger partial charge < -0.3 is 4.74 Å². The minimum atomic E-state index is 0.176. The molecular formula is C10H14ClIN2O. The molecule has 0 saturated heterocycles. The fourth-order valence-corrected chi connectivity index (χ4v) is 2.08. The Kier molecular flexibility index (Phi) is 5.22. The van der Waals surface area contributed by atoms with Gasteiger partial charge in [0.15, 0.2) is 0 Å². The SMILES string of the molecule is CCc1nc(C(C)COC)nc(Cl)c1I. The standard InChI is InChI=1S/C10H14ClIN2O/c1-4-7-8(12)9(11)14-10(13-7)6(2)5-15-3/h6H,4-5H2,1-3H3. The molecule has 0 aliphatic rings. The van der Waals surface area contributed by atoms with Crippen LogP contribution in [0.3, 0.4) is 0 Å². The predicted molar refractivity (Wildman–Crippen MR) is 69.4 cm³/mol. The Hall–Kier alpha value is 0.0600. The van der Waals surface area contributed by atoms with Gasteiger partial charge in [-0.2, -0.15) is 0 Å². The summed E-state index contributed by atoms with van der Waals surface area (Å²) in [6, 6.07) is 0. The Labute approximate surface area is 109 Å². The molecule has 0 amide bonds. The summed E-state index contributed by atoms with van der Waals surface area (Å²) in [5.74, 6) is 0.939. The van der Waals surface area contributed by atoms with Crippen LogP contribution in [0.15, 0.2) is 0 Å². The van der Waals surface area contributed by atoms with Gasteiger partial charge >= 0.3 is 0 Å². The van der Waals surface area contributed by atoms with E-state index in [0.29, 0.717) is 11.8 Å². The number of halogens is 2. The summed E-state index contributed by atoms with van der Waals surface area (Å²) in [5, 5.41) is 0.542. The number of aryl methyl sites for hydroxylation is 1. The van der Waals surface area contributed by atoms with E-state index in [1.54, 1.807) is 7.11 Å². The smallest absolute Gasteiger partial charge is 0.146 e. The third-order valence-electron chi connectivity index (χ3n) is 2.09. The van der Waals surface area contributed by atoms with Crippen LogP contribution in [0.5, 0.6) is 0 Å². The molecule has 1 heterocycles. The molecule has 0 radical (unpaired) electrons. The van der Waals surface area contributed by atoms with Gasteiger partial charge in [0.2, 0.25) is 0 Å². The maximum absolute atomic E-state index is 6.04. The molecule has 0 aliphatic heterocycles. The highest BCUT2D eigenvalue weighted by atomic mass is 127. The molecule has 1 atom stereocenters. The lowest BCUT2D eigenvalue weighted by Gasteiger charge is -2.11. The molecule has 15 heavy (non-hydrogen) atoms. The fraction of sp³-hybridized carbons (Fsp3) is 0.600. The lowest BCUT2D eigenvalue weighted by Crippen LogP contribution is -2.10. The Morgan fingerprint density at radius 2 is 2.13 bits per heavy atom. The van der Waals surface area contributed by atoms with Crippen molar-refractivity contribution in [2.45, 2.75) is 26.2 Å². The first-order valence-corrected chi connectivity index (χ1v) is 6.26. The van der Waals surface area contributed by atoms with Crippen LogP contribution in [-0.4, -0.2) is 23.7 Å². The fourth-order valence-electron chi connectivity index (χ4n) is 1.26. The first-order chi connectivity index (χ1) is 7.10. The van der Waals surface area contributed by atoms with Gasteiger partial charge in [-0.25, -0.2) is 9.97 Å².